The molecule has 2 N–H and O–H groups in total. The molecule has 98 valence electrons. The summed E-state index contributed by atoms with van der Waals surface area (Å²) in [5.41, 5.74) is -0.214. The molecule has 0 aromatic heterocycles. The number of anilines is 1. The average Bonchev–Trinajstić information content (AvgIpc) is 2.99. The van der Waals surface area contributed by atoms with Gasteiger partial charge in [-0.15, -0.1) is 0 Å². The highest BCUT2D eigenvalue weighted by Crippen LogP contribution is 2.31. The Bertz CT molecular complexity index is 581. The number of carboxylic acids is 1. The van der Waals surface area contributed by atoms with Gasteiger partial charge in [-0.3, -0.25) is 4.72 Å². The van der Waals surface area contributed by atoms with Gasteiger partial charge in [-0.05, 0) is 30.9 Å². The largest absolute Gasteiger partial charge is 0.478 e. The highest BCUT2D eigenvalue weighted by Gasteiger charge is 2.29. The number of aromatic carboxylic acids is 1. The first-order valence-corrected chi connectivity index (χ1v) is 7.44. The van der Waals surface area contributed by atoms with Crippen LogP contribution in [-0.2, 0) is 10.0 Å². The van der Waals surface area contributed by atoms with Gasteiger partial charge in [0.25, 0.3) is 0 Å². The standard InChI is InChI=1S/C11H12ClNO4S/c12-8-2-1-3-9(10(8)11(14)15)13-18(16,17)6-7-4-5-7/h1-3,7,13H,4-6H2,(H,14,15). The summed E-state index contributed by atoms with van der Waals surface area (Å²) in [5, 5.41) is 9.03. The van der Waals surface area contributed by atoms with Gasteiger partial charge < -0.3 is 5.11 Å². The molecule has 2 rings (SSSR count). The molecule has 1 aromatic carbocycles. The van der Waals surface area contributed by atoms with Crippen LogP contribution in [0.5, 0.6) is 0 Å². The maximum atomic E-state index is 11.8. The van der Waals surface area contributed by atoms with E-state index in [1.54, 1.807) is 0 Å². The molecule has 0 aliphatic heterocycles. The Kier molecular flexibility index (Phi) is 3.49. The lowest BCUT2D eigenvalue weighted by Gasteiger charge is -2.11. The molecule has 0 spiro atoms. The van der Waals surface area contributed by atoms with Crippen molar-refractivity contribution in [3.8, 4) is 0 Å². The molecule has 0 unspecified atom stereocenters. The highest BCUT2D eigenvalue weighted by molar-refractivity contribution is 7.92. The molecule has 0 amide bonds. The molecular weight excluding hydrogens is 278 g/mol. The lowest BCUT2D eigenvalue weighted by Crippen LogP contribution is -2.19. The van der Waals surface area contributed by atoms with E-state index in [9.17, 15) is 13.2 Å². The Balaban J connectivity index is 2.28. The van der Waals surface area contributed by atoms with Crippen molar-refractivity contribution in [2.24, 2.45) is 5.92 Å². The number of carbonyl (C=O) groups is 1. The lowest BCUT2D eigenvalue weighted by atomic mass is 10.2. The average molecular weight is 290 g/mol. The predicted molar refractivity (Wildman–Crippen MR) is 68.5 cm³/mol. The molecule has 5 nitrogen and oxygen atoms in total. The van der Waals surface area contributed by atoms with Crippen molar-refractivity contribution in [1.82, 2.24) is 0 Å². The Labute approximate surface area is 110 Å². The van der Waals surface area contributed by atoms with Crippen LogP contribution in [0, 0.1) is 5.92 Å². The molecule has 0 saturated heterocycles. The van der Waals surface area contributed by atoms with Crippen molar-refractivity contribution in [2.45, 2.75) is 12.8 Å². The monoisotopic (exact) mass is 289 g/mol. The van der Waals surface area contributed by atoms with Gasteiger partial charge >= 0.3 is 5.97 Å². The molecular formula is C11H12ClNO4S. The SMILES string of the molecule is O=C(O)c1c(Cl)cccc1NS(=O)(=O)CC1CC1. The number of benzene rings is 1. The van der Waals surface area contributed by atoms with Crippen LogP contribution in [0.15, 0.2) is 18.2 Å². The minimum absolute atomic E-state index is 0.00845. The Hall–Kier alpha value is -1.27. The van der Waals surface area contributed by atoms with Crippen LogP contribution in [0.25, 0.3) is 0 Å². The van der Waals surface area contributed by atoms with E-state index in [-0.39, 0.29) is 27.9 Å². The van der Waals surface area contributed by atoms with Crippen molar-refractivity contribution in [1.29, 1.82) is 0 Å². The van der Waals surface area contributed by atoms with Crippen molar-refractivity contribution < 1.29 is 18.3 Å². The lowest BCUT2D eigenvalue weighted by molar-refractivity contribution is 0.0698. The predicted octanol–water partition coefficient (Wildman–Crippen LogP) is 2.19. The smallest absolute Gasteiger partial charge is 0.339 e. The summed E-state index contributed by atoms with van der Waals surface area (Å²) in [6.45, 7) is 0. The summed E-state index contributed by atoms with van der Waals surface area (Å²) in [6.07, 6.45) is 1.81. The summed E-state index contributed by atoms with van der Waals surface area (Å²) >= 11 is 5.76. The van der Waals surface area contributed by atoms with Crippen LogP contribution < -0.4 is 4.72 Å². The van der Waals surface area contributed by atoms with E-state index in [4.69, 9.17) is 16.7 Å². The molecule has 1 fully saturated rings. The number of halogens is 1. The van der Waals surface area contributed by atoms with Crippen molar-refractivity contribution >= 4 is 33.3 Å². The first-order chi connectivity index (χ1) is 8.39. The minimum Gasteiger partial charge on any atom is -0.478 e. The Morgan fingerprint density at radius 3 is 2.67 bits per heavy atom. The van der Waals surface area contributed by atoms with Crippen molar-refractivity contribution in [3.05, 3.63) is 28.8 Å². The fraction of sp³-hybridized carbons (Fsp3) is 0.364. The molecule has 1 aliphatic carbocycles. The minimum atomic E-state index is -3.52. The molecule has 1 aliphatic rings. The van der Waals surface area contributed by atoms with Crippen LogP contribution in [0.4, 0.5) is 5.69 Å². The molecule has 0 radical (unpaired) electrons. The second kappa shape index (κ2) is 4.78. The zero-order chi connectivity index (χ0) is 13.3. The number of carboxylic acid groups (broad SMARTS) is 1. The fourth-order valence-corrected chi connectivity index (χ4v) is 3.43. The van der Waals surface area contributed by atoms with Crippen LogP contribution in [-0.4, -0.2) is 25.2 Å². The van der Waals surface area contributed by atoms with Gasteiger partial charge in [0.05, 0.1) is 16.5 Å². The van der Waals surface area contributed by atoms with Gasteiger partial charge in [0, 0.05) is 0 Å². The summed E-state index contributed by atoms with van der Waals surface area (Å²) in [5.74, 6) is -1.04. The van der Waals surface area contributed by atoms with E-state index in [1.807, 2.05) is 0 Å². The van der Waals surface area contributed by atoms with Crippen molar-refractivity contribution in [3.63, 3.8) is 0 Å². The first-order valence-electron chi connectivity index (χ1n) is 5.41. The summed E-state index contributed by atoms with van der Waals surface area (Å²) in [7, 11) is -3.52. The van der Waals surface area contributed by atoms with E-state index >= 15 is 0 Å². The fourth-order valence-electron chi connectivity index (χ4n) is 1.63. The number of sulfonamides is 1. The number of rotatable bonds is 5. The number of nitrogens with one attached hydrogen (secondary N) is 1. The van der Waals surface area contributed by atoms with Gasteiger partial charge in [0.1, 0.15) is 5.56 Å². The summed E-state index contributed by atoms with van der Waals surface area (Å²) in [6, 6.07) is 4.30. The van der Waals surface area contributed by atoms with Crippen LogP contribution in [0.1, 0.15) is 23.2 Å². The van der Waals surface area contributed by atoms with E-state index in [0.29, 0.717) is 0 Å². The molecule has 0 heterocycles. The number of hydrogen-bond acceptors (Lipinski definition) is 3. The quantitative estimate of drug-likeness (QED) is 0.870. The van der Waals surface area contributed by atoms with Crippen LogP contribution in [0.2, 0.25) is 5.02 Å². The number of hydrogen-bond donors (Lipinski definition) is 2. The third-order valence-corrected chi connectivity index (χ3v) is 4.40. The summed E-state index contributed by atoms with van der Waals surface area (Å²) < 4.78 is 25.9. The zero-order valence-electron chi connectivity index (χ0n) is 9.39. The van der Waals surface area contributed by atoms with Gasteiger partial charge in [-0.1, -0.05) is 17.7 Å². The molecule has 0 atom stereocenters. The zero-order valence-corrected chi connectivity index (χ0v) is 11.0. The normalized spacial score (nSPS) is 15.4. The van der Waals surface area contributed by atoms with E-state index in [1.165, 1.54) is 18.2 Å². The van der Waals surface area contributed by atoms with Crippen LogP contribution in [0.3, 0.4) is 0 Å². The van der Waals surface area contributed by atoms with E-state index < -0.39 is 16.0 Å². The molecule has 1 aromatic rings. The van der Waals surface area contributed by atoms with Gasteiger partial charge in [0.2, 0.25) is 10.0 Å². The van der Waals surface area contributed by atoms with Crippen molar-refractivity contribution in [2.75, 3.05) is 10.5 Å². The van der Waals surface area contributed by atoms with E-state index in [2.05, 4.69) is 4.72 Å². The van der Waals surface area contributed by atoms with Gasteiger partial charge in [0.15, 0.2) is 0 Å². The molecule has 1 saturated carbocycles. The first kappa shape index (κ1) is 13.2. The van der Waals surface area contributed by atoms with Gasteiger partial charge in [-0.25, -0.2) is 13.2 Å². The van der Waals surface area contributed by atoms with Crippen LogP contribution >= 0.6 is 11.6 Å². The Morgan fingerprint density at radius 1 is 1.44 bits per heavy atom. The molecule has 0 bridgehead atoms. The van der Waals surface area contributed by atoms with E-state index in [0.717, 1.165) is 12.8 Å². The highest BCUT2D eigenvalue weighted by atomic mass is 35.5. The third kappa shape index (κ3) is 3.14. The molecule has 7 heteroatoms. The second-order valence-electron chi connectivity index (χ2n) is 4.29. The Morgan fingerprint density at radius 2 is 2.11 bits per heavy atom. The summed E-state index contributed by atoms with van der Waals surface area (Å²) in [4.78, 5) is 11.0. The topological polar surface area (TPSA) is 83.5 Å². The maximum absolute atomic E-state index is 11.8. The third-order valence-electron chi connectivity index (χ3n) is 2.64. The maximum Gasteiger partial charge on any atom is 0.339 e. The molecule has 18 heavy (non-hydrogen) atoms. The second-order valence-corrected chi connectivity index (χ2v) is 6.47. The van der Waals surface area contributed by atoms with Gasteiger partial charge in [-0.2, -0.15) is 0 Å².